The number of nitrogens with zero attached hydrogens (tertiary/aromatic N) is 4. The summed E-state index contributed by atoms with van der Waals surface area (Å²) in [6.07, 6.45) is 5.41. The van der Waals surface area contributed by atoms with Crippen LogP contribution < -0.4 is 10.2 Å². The minimum atomic E-state index is -0.895. The van der Waals surface area contributed by atoms with E-state index >= 15 is 0 Å². The van der Waals surface area contributed by atoms with Crippen molar-refractivity contribution in [3.8, 4) is 33.5 Å². The number of aromatic nitrogens is 4. The normalized spacial score (nSPS) is 16.6. The van der Waals surface area contributed by atoms with Gasteiger partial charge in [-0.2, -0.15) is 5.10 Å². The number of nitrogens with one attached hydrogen (secondary N) is 2. The van der Waals surface area contributed by atoms with Gasteiger partial charge >= 0.3 is 0 Å². The Kier molecular flexibility index (Phi) is 7.59. The van der Waals surface area contributed by atoms with Crippen LogP contribution in [-0.2, 0) is 0 Å². The van der Waals surface area contributed by atoms with Gasteiger partial charge in [0.25, 0.3) is 0 Å². The zero-order valence-electron chi connectivity index (χ0n) is 22.2. The Hall–Kier alpha value is -3.36. The topological polar surface area (TPSA) is 69.7 Å². The van der Waals surface area contributed by atoms with Crippen molar-refractivity contribution in [2.24, 2.45) is 0 Å². The number of H-pyrrole nitrogens is 1. The van der Waals surface area contributed by atoms with Crippen molar-refractivity contribution >= 4 is 18.2 Å². The maximum absolute atomic E-state index is 14.9. The van der Waals surface area contributed by atoms with E-state index < -0.39 is 11.6 Å². The molecular formula is C29H33ClF2N6. The van der Waals surface area contributed by atoms with E-state index in [2.05, 4.69) is 65.4 Å². The first kappa shape index (κ1) is 27.7. The van der Waals surface area contributed by atoms with E-state index in [0.29, 0.717) is 22.9 Å². The molecule has 200 valence electrons. The molecule has 1 saturated heterocycles. The molecule has 9 heteroatoms. The van der Waals surface area contributed by atoms with E-state index in [1.807, 2.05) is 30.3 Å². The van der Waals surface area contributed by atoms with E-state index in [9.17, 15) is 8.78 Å². The van der Waals surface area contributed by atoms with Gasteiger partial charge in [0.2, 0.25) is 0 Å². The van der Waals surface area contributed by atoms with Crippen LogP contribution in [0.4, 0.5) is 14.6 Å². The van der Waals surface area contributed by atoms with Gasteiger partial charge in [-0.15, -0.1) is 22.6 Å². The summed E-state index contributed by atoms with van der Waals surface area (Å²) in [6.45, 7) is 8.90. The number of hydrogen-bond donors (Lipinski definition) is 2. The predicted octanol–water partition coefficient (Wildman–Crippen LogP) is 6.65. The fourth-order valence-corrected chi connectivity index (χ4v) is 5.68. The predicted molar refractivity (Wildman–Crippen MR) is 150 cm³/mol. The molecule has 1 aliphatic rings. The first-order chi connectivity index (χ1) is 17.5. The van der Waals surface area contributed by atoms with E-state index in [4.69, 9.17) is 0 Å². The SMILES string of the molecule is CN(c1ccc(-c2ccc(-c3cn[nH]c3)cc2-c2cccc(F)c2F)nn1)C1CC(C)(C)NC(C)(C)C1.Cl. The smallest absolute Gasteiger partial charge is 0.166 e. The quantitative estimate of drug-likeness (QED) is 0.298. The van der Waals surface area contributed by atoms with Gasteiger partial charge < -0.3 is 10.2 Å². The fraction of sp³-hybridized carbons (Fsp3) is 0.345. The third kappa shape index (κ3) is 5.56. The van der Waals surface area contributed by atoms with Crippen LogP contribution in [0.2, 0.25) is 0 Å². The summed E-state index contributed by atoms with van der Waals surface area (Å²) in [5.74, 6) is -1.02. The molecule has 2 aromatic heterocycles. The van der Waals surface area contributed by atoms with Gasteiger partial charge in [0, 0.05) is 47.1 Å². The molecule has 1 fully saturated rings. The van der Waals surface area contributed by atoms with Crippen molar-refractivity contribution in [1.82, 2.24) is 25.7 Å². The lowest BCUT2D eigenvalue weighted by atomic mass is 9.79. The summed E-state index contributed by atoms with van der Waals surface area (Å²) in [4.78, 5) is 2.19. The Morgan fingerprint density at radius 3 is 2.24 bits per heavy atom. The van der Waals surface area contributed by atoms with Gasteiger partial charge in [-0.3, -0.25) is 5.10 Å². The standard InChI is InChI=1S/C29H32F2N6.ClH/c1-28(2)14-20(15-29(3,4)36-28)37(5)26-12-11-25(34-35-26)21-10-9-18(19-16-32-33-17-19)13-23(21)22-7-6-8-24(30)27(22)31;/h6-13,16-17,20,36H,14-15H2,1-5H3,(H,32,33);1H. The lowest BCUT2D eigenvalue weighted by Crippen LogP contribution is -2.62. The van der Waals surface area contributed by atoms with Crippen LogP contribution in [0.3, 0.4) is 0 Å². The number of benzene rings is 2. The monoisotopic (exact) mass is 538 g/mol. The number of aromatic amines is 1. The number of halogens is 3. The Bertz CT molecular complexity index is 1390. The molecule has 2 aromatic carbocycles. The van der Waals surface area contributed by atoms with Gasteiger partial charge in [0.1, 0.15) is 0 Å². The Morgan fingerprint density at radius 2 is 1.61 bits per heavy atom. The highest BCUT2D eigenvalue weighted by atomic mass is 35.5. The van der Waals surface area contributed by atoms with Crippen molar-refractivity contribution in [2.75, 3.05) is 11.9 Å². The van der Waals surface area contributed by atoms with E-state index in [1.54, 1.807) is 18.5 Å². The van der Waals surface area contributed by atoms with Gasteiger partial charge in [-0.1, -0.05) is 24.3 Å². The van der Waals surface area contributed by atoms with Crippen molar-refractivity contribution in [1.29, 1.82) is 0 Å². The second-order valence-electron chi connectivity index (χ2n) is 11.2. The van der Waals surface area contributed by atoms with Crippen LogP contribution in [-0.4, -0.2) is 44.6 Å². The van der Waals surface area contributed by atoms with Crippen LogP contribution in [0.25, 0.3) is 33.5 Å². The van der Waals surface area contributed by atoms with Crippen molar-refractivity contribution in [3.63, 3.8) is 0 Å². The maximum atomic E-state index is 14.9. The zero-order chi connectivity index (χ0) is 26.4. The molecule has 0 radical (unpaired) electrons. The van der Waals surface area contributed by atoms with Crippen LogP contribution in [0.5, 0.6) is 0 Å². The van der Waals surface area contributed by atoms with E-state index in [1.165, 1.54) is 6.07 Å². The number of rotatable bonds is 5. The molecule has 2 N–H and O–H groups in total. The lowest BCUT2D eigenvalue weighted by molar-refractivity contribution is 0.160. The summed E-state index contributed by atoms with van der Waals surface area (Å²) in [6, 6.07) is 14.0. The van der Waals surface area contributed by atoms with E-state index in [0.717, 1.165) is 35.9 Å². The second kappa shape index (κ2) is 10.4. The third-order valence-electron chi connectivity index (χ3n) is 7.10. The zero-order valence-corrected chi connectivity index (χ0v) is 23.0. The Labute approximate surface area is 228 Å². The van der Waals surface area contributed by atoms with E-state index in [-0.39, 0.29) is 29.0 Å². The van der Waals surface area contributed by atoms with Crippen molar-refractivity contribution < 1.29 is 8.78 Å². The summed E-state index contributed by atoms with van der Waals surface area (Å²) < 4.78 is 29.1. The summed E-state index contributed by atoms with van der Waals surface area (Å²) in [7, 11) is 2.05. The molecule has 4 aromatic rings. The molecule has 3 heterocycles. The molecular weight excluding hydrogens is 506 g/mol. The highest BCUT2D eigenvalue weighted by Crippen LogP contribution is 2.37. The van der Waals surface area contributed by atoms with Crippen LogP contribution in [0.1, 0.15) is 40.5 Å². The van der Waals surface area contributed by atoms with Crippen LogP contribution >= 0.6 is 12.4 Å². The molecule has 0 spiro atoms. The first-order valence-corrected chi connectivity index (χ1v) is 12.5. The molecule has 0 saturated carbocycles. The highest BCUT2D eigenvalue weighted by Gasteiger charge is 2.39. The molecule has 0 amide bonds. The first-order valence-electron chi connectivity index (χ1n) is 12.5. The molecule has 0 atom stereocenters. The summed E-state index contributed by atoms with van der Waals surface area (Å²) in [5, 5.41) is 19.6. The average Bonchev–Trinajstić information content (AvgIpc) is 3.38. The molecule has 0 aliphatic carbocycles. The Morgan fingerprint density at radius 1 is 0.868 bits per heavy atom. The number of piperidine rings is 1. The third-order valence-corrected chi connectivity index (χ3v) is 7.10. The fourth-order valence-electron chi connectivity index (χ4n) is 5.68. The molecule has 0 unspecified atom stereocenters. The van der Waals surface area contributed by atoms with Gasteiger partial charge in [-0.05, 0) is 75.9 Å². The van der Waals surface area contributed by atoms with Gasteiger partial charge in [0.15, 0.2) is 17.5 Å². The van der Waals surface area contributed by atoms with Crippen molar-refractivity contribution in [2.45, 2.75) is 57.7 Å². The van der Waals surface area contributed by atoms with Crippen LogP contribution in [0.15, 0.2) is 60.9 Å². The molecule has 38 heavy (non-hydrogen) atoms. The summed E-state index contributed by atoms with van der Waals surface area (Å²) in [5.41, 5.74) is 3.65. The minimum absolute atomic E-state index is 0. The lowest BCUT2D eigenvalue weighted by Gasteiger charge is -2.49. The highest BCUT2D eigenvalue weighted by molar-refractivity contribution is 5.86. The molecule has 1 aliphatic heterocycles. The number of anilines is 1. The van der Waals surface area contributed by atoms with Gasteiger partial charge in [0.05, 0.1) is 11.9 Å². The maximum Gasteiger partial charge on any atom is 0.166 e. The molecule has 5 rings (SSSR count). The average molecular weight is 539 g/mol. The largest absolute Gasteiger partial charge is 0.355 e. The minimum Gasteiger partial charge on any atom is -0.355 e. The summed E-state index contributed by atoms with van der Waals surface area (Å²) >= 11 is 0. The Balaban J connectivity index is 0.00000336. The molecule has 0 bridgehead atoms. The number of hydrogen-bond acceptors (Lipinski definition) is 5. The second-order valence-corrected chi connectivity index (χ2v) is 11.2. The van der Waals surface area contributed by atoms with Crippen LogP contribution in [0, 0.1) is 11.6 Å². The molecule has 6 nitrogen and oxygen atoms in total. The van der Waals surface area contributed by atoms with Crippen molar-refractivity contribution in [3.05, 3.63) is 72.6 Å². The van der Waals surface area contributed by atoms with Gasteiger partial charge in [-0.25, -0.2) is 8.78 Å².